The lowest BCUT2D eigenvalue weighted by Gasteiger charge is -2.16. The molecular formula is C44H61N9O11S2. The van der Waals surface area contributed by atoms with Gasteiger partial charge in [-0.15, -0.1) is 32.1 Å². The van der Waals surface area contributed by atoms with E-state index in [4.69, 9.17) is 34.5 Å². The number of nitrogens with one attached hydrogen (secondary N) is 1. The van der Waals surface area contributed by atoms with Crippen molar-refractivity contribution >= 4 is 43.9 Å². The van der Waals surface area contributed by atoms with Gasteiger partial charge in [0.1, 0.15) is 43.2 Å². The number of carboxylic acid groups (broad SMARTS) is 1. The number of aromatic nitrogens is 4. The third-order valence-electron chi connectivity index (χ3n) is 8.42. The Kier molecular flexibility index (Phi) is 25.0. The second-order valence-electron chi connectivity index (χ2n) is 14.4. The summed E-state index contributed by atoms with van der Waals surface area (Å²) in [5, 5.41) is 29.3. The fraction of sp³-hybridized carbons (Fsp3) is 0.386. The van der Waals surface area contributed by atoms with Gasteiger partial charge in [0.25, 0.3) is 5.91 Å². The molecule has 0 saturated carbocycles. The molecule has 0 saturated heterocycles. The number of aryl methyl sites for hydroxylation is 2. The molecule has 2 aromatic carbocycles. The van der Waals surface area contributed by atoms with Crippen LogP contribution in [0.1, 0.15) is 91.5 Å². The number of hydrogen-bond donors (Lipinski definition) is 3. The minimum atomic E-state index is -3.49. The highest BCUT2D eigenvalue weighted by molar-refractivity contribution is 7.92. The Morgan fingerprint density at radius 2 is 1.18 bits per heavy atom. The van der Waals surface area contributed by atoms with Crippen molar-refractivity contribution in [2.45, 2.75) is 59.7 Å². The van der Waals surface area contributed by atoms with Crippen LogP contribution < -0.4 is 19.3 Å². The topological polar surface area (TPSA) is 282 Å². The monoisotopic (exact) mass is 955 g/mol. The van der Waals surface area contributed by atoms with Gasteiger partial charge in [-0.2, -0.15) is 5.26 Å². The van der Waals surface area contributed by atoms with Crippen LogP contribution in [0.25, 0.3) is 0 Å². The SMILES string of the molecule is C=CC[C@H](C)CS(=O)(=NC(=O)O[C@@H](C)c1ccccc1)NC(=O)c1cn(C)nc1OC.C=CC[C@H](C)CS(N)(=O)=NC(=O)O[C@@H](C)c1ccccc1.CC#N.COc1nn(C)cc1C(=O)O. The van der Waals surface area contributed by atoms with Crippen molar-refractivity contribution in [3.63, 3.8) is 0 Å². The van der Waals surface area contributed by atoms with E-state index in [1.54, 1.807) is 58.3 Å². The number of nitriles is 1. The van der Waals surface area contributed by atoms with Crippen LogP contribution >= 0.6 is 0 Å². The molecule has 0 fully saturated rings. The lowest BCUT2D eigenvalue weighted by atomic mass is 10.1. The first-order chi connectivity index (χ1) is 31.1. The molecule has 0 radical (unpaired) electrons. The first-order valence-electron chi connectivity index (χ1n) is 20.1. The van der Waals surface area contributed by atoms with Gasteiger partial charge >= 0.3 is 18.2 Å². The van der Waals surface area contributed by atoms with Crippen LogP contribution in [0.4, 0.5) is 9.59 Å². The Morgan fingerprint density at radius 1 is 0.788 bits per heavy atom. The lowest BCUT2D eigenvalue weighted by molar-refractivity contribution is 0.0692. The van der Waals surface area contributed by atoms with Gasteiger partial charge in [0.05, 0.1) is 26.0 Å². The molecule has 0 bridgehead atoms. The summed E-state index contributed by atoms with van der Waals surface area (Å²) >= 11 is 0. The van der Waals surface area contributed by atoms with Crippen molar-refractivity contribution in [3.05, 3.63) is 121 Å². The number of benzene rings is 2. The predicted molar refractivity (Wildman–Crippen MR) is 251 cm³/mol. The number of methoxy groups -OCH3 is 2. The number of nitrogens with two attached hydrogens (primary N) is 1. The van der Waals surface area contributed by atoms with Crippen LogP contribution in [-0.2, 0) is 43.4 Å². The van der Waals surface area contributed by atoms with Crippen LogP contribution in [0.2, 0.25) is 0 Å². The summed E-state index contributed by atoms with van der Waals surface area (Å²) < 4.78 is 58.2. The second-order valence-corrected chi connectivity index (χ2v) is 18.3. The van der Waals surface area contributed by atoms with E-state index in [9.17, 15) is 27.6 Å². The van der Waals surface area contributed by atoms with Crippen molar-refractivity contribution in [2.24, 2.45) is 39.8 Å². The molecule has 66 heavy (non-hydrogen) atoms. The summed E-state index contributed by atoms with van der Waals surface area (Å²) in [6.45, 7) is 15.8. The molecule has 4 rings (SSSR count). The van der Waals surface area contributed by atoms with Crippen LogP contribution in [0.15, 0.2) is 107 Å². The molecule has 2 aromatic heterocycles. The van der Waals surface area contributed by atoms with E-state index < -0.39 is 56.1 Å². The van der Waals surface area contributed by atoms with Gasteiger partial charge in [0, 0.05) is 39.2 Å². The molecule has 0 aliphatic carbocycles. The fourth-order valence-electron chi connectivity index (χ4n) is 5.55. The molecule has 360 valence electrons. The summed E-state index contributed by atoms with van der Waals surface area (Å²) in [5.41, 5.74) is 1.76. The molecule has 20 nitrogen and oxygen atoms in total. The zero-order valence-electron chi connectivity index (χ0n) is 38.7. The molecule has 6 atom stereocenters. The van der Waals surface area contributed by atoms with Crippen LogP contribution in [0.3, 0.4) is 0 Å². The molecule has 2 heterocycles. The normalized spacial score (nSPS) is 13.8. The maximum absolute atomic E-state index is 13.5. The van der Waals surface area contributed by atoms with Crippen LogP contribution in [0.5, 0.6) is 11.8 Å². The Bertz CT molecular complexity index is 2500. The quantitative estimate of drug-likeness (QED) is 0.0854. The lowest BCUT2D eigenvalue weighted by Crippen LogP contribution is -2.35. The molecule has 0 aliphatic heterocycles. The van der Waals surface area contributed by atoms with Crippen molar-refractivity contribution in [2.75, 3.05) is 25.7 Å². The smallest absolute Gasteiger partial charge is 0.443 e. The Morgan fingerprint density at radius 3 is 1.58 bits per heavy atom. The number of carbonyl (C=O) groups is 4. The van der Waals surface area contributed by atoms with Gasteiger partial charge in [0.15, 0.2) is 0 Å². The van der Waals surface area contributed by atoms with Gasteiger partial charge < -0.3 is 24.1 Å². The van der Waals surface area contributed by atoms with E-state index in [-0.39, 0.29) is 46.2 Å². The van der Waals surface area contributed by atoms with Crippen molar-refractivity contribution in [1.82, 2.24) is 24.3 Å². The van der Waals surface area contributed by atoms with E-state index in [0.29, 0.717) is 12.8 Å². The first kappa shape index (κ1) is 57.2. The molecule has 4 N–H and O–H groups in total. The van der Waals surface area contributed by atoms with Gasteiger partial charge in [-0.05, 0) is 49.7 Å². The molecular weight excluding hydrogens is 895 g/mol. The van der Waals surface area contributed by atoms with Crippen molar-refractivity contribution in [3.8, 4) is 17.8 Å². The van der Waals surface area contributed by atoms with Crippen molar-refractivity contribution in [1.29, 1.82) is 5.26 Å². The maximum atomic E-state index is 13.5. The summed E-state index contributed by atoms with van der Waals surface area (Å²) in [6, 6.07) is 20.1. The van der Waals surface area contributed by atoms with Crippen LogP contribution in [-0.4, -0.2) is 82.9 Å². The first-order valence-corrected chi connectivity index (χ1v) is 23.5. The number of carboxylic acids is 1. The van der Waals surface area contributed by atoms with E-state index in [1.807, 2.05) is 62.4 Å². The van der Waals surface area contributed by atoms with Crippen molar-refractivity contribution < 1.29 is 51.6 Å². The highest BCUT2D eigenvalue weighted by Crippen LogP contribution is 2.20. The highest BCUT2D eigenvalue weighted by Gasteiger charge is 2.25. The summed E-state index contributed by atoms with van der Waals surface area (Å²) in [6.07, 6.45) is 4.42. The van der Waals surface area contributed by atoms with Gasteiger partial charge in [0.2, 0.25) is 11.8 Å². The number of aromatic carboxylic acids is 1. The number of nitrogens with zero attached hydrogens (tertiary/aromatic N) is 7. The van der Waals surface area contributed by atoms with Crippen LogP contribution in [0, 0.1) is 23.2 Å². The number of rotatable bonds is 17. The zero-order chi connectivity index (χ0) is 50.0. The predicted octanol–water partition coefficient (Wildman–Crippen LogP) is 7.75. The summed E-state index contributed by atoms with van der Waals surface area (Å²) in [4.78, 5) is 47.4. The molecule has 0 aliphatic rings. The molecule has 2 unspecified atom stereocenters. The van der Waals surface area contributed by atoms with E-state index in [0.717, 1.165) is 11.1 Å². The largest absolute Gasteiger partial charge is 0.479 e. The average Bonchev–Trinajstić information content (AvgIpc) is 3.83. The minimum absolute atomic E-state index is 0.0445. The van der Waals surface area contributed by atoms with E-state index >= 15 is 0 Å². The molecule has 22 heteroatoms. The summed E-state index contributed by atoms with van der Waals surface area (Å²) in [7, 11) is -0.559. The Balaban J connectivity index is 0.000000532. The molecule has 4 aromatic rings. The number of amides is 3. The van der Waals surface area contributed by atoms with E-state index in [2.05, 4.69) is 36.8 Å². The molecule has 3 amide bonds. The standard InChI is InChI=1S/C21H28N4O5S.C15H22N2O3S.C6H8N2O3.C2H3N/c1-6-10-15(2)14-31(28,23-19(26)18-13-25(4)22-20(18)29-5)24-21(27)30-16(3)17-11-8-7-9-12-17;1-4-8-12(2)11-21(16,19)17-15(18)20-13(3)14-9-6-5-7-10-14;1-8-3-4(6(9)10)5(7-8)11-2;1-2-3/h6-9,11-13,15-16H,1,10,14H2,2-5H3,(H,23,24,26,27,28);4-7,9-10,12-13H,1,8,11H2,2-3H3,(H2,16,17,18,19);3H,1-2H3,(H,9,10);1H3/t15-,16-,31?;12-,13-,21?;;/m00../s1. The number of ether oxygens (including phenoxy) is 4. The third-order valence-corrected chi connectivity index (χ3v) is 11.9. The number of hydrogen-bond acceptors (Lipinski definition) is 13. The molecule has 0 spiro atoms. The Hall–Kier alpha value is -6.83. The van der Waals surface area contributed by atoms with E-state index in [1.165, 1.54) is 42.9 Å². The minimum Gasteiger partial charge on any atom is -0.479 e. The van der Waals surface area contributed by atoms with Gasteiger partial charge in [-0.25, -0.2) is 27.9 Å². The zero-order valence-corrected chi connectivity index (χ0v) is 40.3. The number of allylic oxidation sites excluding steroid dienone is 2. The summed E-state index contributed by atoms with van der Waals surface area (Å²) in [5.74, 6) is -1.56. The van der Waals surface area contributed by atoms with Gasteiger partial charge in [-0.1, -0.05) is 86.7 Å². The third kappa shape index (κ3) is 21.2. The fourth-order valence-corrected chi connectivity index (χ4v) is 8.67. The second kappa shape index (κ2) is 28.9. The highest BCUT2D eigenvalue weighted by atomic mass is 32.2. The number of carbonyl (C=O) groups excluding carboxylic acids is 3. The van der Waals surface area contributed by atoms with Gasteiger partial charge in [-0.3, -0.25) is 18.9 Å². The maximum Gasteiger partial charge on any atom is 0.443 e. The Labute approximate surface area is 387 Å². The average molecular weight is 956 g/mol.